The summed E-state index contributed by atoms with van der Waals surface area (Å²) in [6, 6.07) is 6.60. The normalized spacial score (nSPS) is 12.4. The van der Waals surface area contributed by atoms with Crippen LogP contribution in [0.5, 0.6) is 0 Å². The van der Waals surface area contributed by atoms with Crippen molar-refractivity contribution in [2.24, 2.45) is 5.41 Å². The Morgan fingerprint density at radius 3 is 2.60 bits per heavy atom. The first-order valence-corrected chi connectivity index (χ1v) is 9.39. The number of hydrogen-bond donors (Lipinski definition) is 0. The smallest absolute Gasteiger partial charge is 0.173 e. The molecule has 128 valence electrons. The minimum atomic E-state index is 0.156. The maximum absolute atomic E-state index is 4.66. The second kappa shape index (κ2) is 5.63. The van der Waals surface area contributed by atoms with E-state index in [0.29, 0.717) is 0 Å². The molecule has 0 bridgehead atoms. The van der Waals surface area contributed by atoms with Gasteiger partial charge in [0.05, 0.1) is 5.39 Å². The molecule has 0 saturated heterocycles. The van der Waals surface area contributed by atoms with E-state index in [4.69, 9.17) is 0 Å². The maximum atomic E-state index is 4.66. The summed E-state index contributed by atoms with van der Waals surface area (Å²) in [5.41, 5.74) is 6.07. The zero-order valence-electron chi connectivity index (χ0n) is 15.3. The molecule has 0 aliphatic carbocycles. The Bertz CT molecular complexity index is 1080. The highest BCUT2D eigenvalue weighted by molar-refractivity contribution is 7.17. The molecule has 4 rings (SSSR count). The van der Waals surface area contributed by atoms with E-state index in [0.717, 1.165) is 28.1 Å². The molecule has 0 saturated carbocycles. The molecule has 4 aromatic rings. The summed E-state index contributed by atoms with van der Waals surface area (Å²) in [4.78, 5) is 5.67. The second-order valence-electron chi connectivity index (χ2n) is 7.92. The summed E-state index contributed by atoms with van der Waals surface area (Å²) in [5.74, 6) is 0.967. The van der Waals surface area contributed by atoms with E-state index in [2.05, 4.69) is 73.4 Å². The average molecular weight is 350 g/mol. The Labute approximate surface area is 151 Å². The number of nitrogens with zero attached hydrogens (tertiary/aromatic N) is 4. The van der Waals surface area contributed by atoms with E-state index >= 15 is 0 Å². The standard InChI is InChI=1S/C20H22N4S/c1-12-6-7-14(8-13(12)2)15-10-25-19-17(15)18-23-22-16(9-20(3,4)5)24(18)11-21-19/h6-8,10-11H,9H2,1-5H3. The molecule has 0 fully saturated rings. The van der Waals surface area contributed by atoms with Gasteiger partial charge in [-0.3, -0.25) is 4.40 Å². The van der Waals surface area contributed by atoms with E-state index < -0.39 is 0 Å². The molecule has 3 heterocycles. The van der Waals surface area contributed by atoms with E-state index in [9.17, 15) is 0 Å². The molecule has 3 aromatic heterocycles. The molecule has 0 N–H and O–H groups in total. The monoisotopic (exact) mass is 350 g/mol. The predicted molar refractivity (Wildman–Crippen MR) is 104 cm³/mol. The van der Waals surface area contributed by atoms with Crippen LogP contribution in [0.25, 0.3) is 27.0 Å². The summed E-state index contributed by atoms with van der Waals surface area (Å²) in [7, 11) is 0. The molecule has 0 aliphatic heterocycles. The highest BCUT2D eigenvalue weighted by Gasteiger charge is 2.19. The van der Waals surface area contributed by atoms with Gasteiger partial charge in [-0.15, -0.1) is 21.5 Å². The summed E-state index contributed by atoms with van der Waals surface area (Å²) in [6.07, 6.45) is 2.73. The van der Waals surface area contributed by atoms with Crippen molar-refractivity contribution in [3.05, 3.63) is 46.9 Å². The van der Waals surface area contributed by atoms with Crippen LogP contribution in [0.2, 0.25) is 0 Å². The van der Waals surface area contributed by atoms with E-state index in [1.807, 2.05) is 10.7 Å². The van der Waals surface area contributed by atoms with Crippen molar-refractivity contribution in [2.75, 3.05) is 0 Å². The quantitative estimate of drug-likeness (QED) is 0.498. The summed E-state index contributed by atoms with van der Waals surface area (Å²) in [5, 5.41) is 12.2. The number of aryl methyl sites for hydroxylation is 2. The lowest BCUT2D eigenvalue weighted by Gasteiger charge is -2.16. The number of hydrogen-bond acceptors (Lipinski definition) is 4. The Hall–Kier alpha value is -2.27. The van der Waals surface area contributed by atoms with Crippen LogP contribution in [0, 0.1) is 19.3 Å². The first kappa shape index (κ1) is 16.2. The van der Waals surface area contributed by atoms with Crippen LogP contribution in [-0.2, 0) is 6.42 Å². The van der Waals surface area contributed by atoms with Gasteiger partial charge < -0.3 is 0 Å². The summed E-state index contributed by atoms with van der Waals surface area (Å²) in [6.45, 7) is 10.9. The average Bonchev–Trinajstić information content (AvgIpc) is 3.12. The van der Waals surface area contributed by atoms with Gasteiger partial charge in [-0.1, -0.05) is 39.0 Å². The zero-order chi connectivity index (χ0) is 17.8. The van der Waals surface area contributed by atoms with Crippen LogP contribution < -0.4 is 0 Å². The summed E-state index contributed by atoms with van der Waals surface area (Å²) < 4.78 is 2.05. The van der Waals surface area contributed by atoms with Crippen molar-refractivity contribution >= 4 is 27.2 Å². The predicted octanol–water partition coefficient (Wildman–Crippen LogP) is 5.21. The highest BCUT2D eigenvalue weighted by Crippen LogP contribution is 2.36. The number of benzene rings is 1. The minimum Gasteiger partial charge on any atom is -0.269 e. The molecular formula is C20H22N4S. The zero-order valence-corrected chi connectivity index (χ0v) is 16.1. The van der Waals surface area contributed by atoms with E-state index in [1.54, 1.807) is 11.3 Å². The van der Waals surface area contributed by atoms with Crippen molar-refractivity contribution in [2.45, 2.75) is 41.0 Å². The van der Waals surface area contributed by atoms with Crippen LogP contribution in [-0.4, -0.2) is 19.6 Å². The first-order chi connectivity index (χ1) is 11.8. The van der Waals surface area contributed by atoms with E-state index in [1.165, 1.54) is 22.3 Å². The Morgan fingerprint density at radius 2 is 1.88 bits per heavy atom. The molecule has 0 atom stereocenters. The maximum Gasteiger partial charge on any atom is 0.173 e. The number of rotatable bonds is 2. The molecule has 0 aliphatic rings. The van der Waals surface area contributed by atoms with Crippen molar-refractivity contribution in [3.8, 4) is 11.1 Å². The van der Waals surface area contributed by atoms with Crippen molar-refractivity contribution in [1.29, 1.82) is 0 Å². The topological polar surface area (TPSA) is 43.1 Å². The number of aromatic nitrogens is 4. The van der Waals surface area contributed by atoms with Crippen LogP contribution in [0.4, 0.5) is 0 Å². The van der Waals surface area contributed by atoms with Gasteiger partial charge in [0.15, 0.2) is 5.65 Å². The SMILES string of the molecule is Cc1ccc(-c2csc3ncn4c(CC(C)(C)C)nnc4c23)cc1C. The van der Waals surface area contributed by atoms with Crippen molar-refractivity contribution in [3.63, 3.8) is 0 Å². The molecule has 5 heteroatoms. The number of fused-ring (bicyclic) bond motifs is 3. The molecule has 0 spiro atoms. The van der Waals surface area contributed by atoms with Crippen LogP contribution >= 0.6 is 11.3 Å². The molecule has 0 amide bonds. The third-order valence-corrected chi connectivity index (χ3v) is 5.44. The van der Waals surface area contributed by atoms with Gasteiger partial charge in [0.2, 0.25) is 0 Å². The van der Waals surface area contributed by atoms with Crippen molar-refractivity contribution in [1.82, 2.24) is 19.6 Å². The lowest BCUT2D eigenvalue weighted by Crippen LogP contribution is -2.12. The Kier molecular flexibility index (Phi) is 3.65. The Morgan fingerprint density at radius 1 is 1.08 bits per heavy atom. The third kappa shape index (κ3) is 2.82. The molecule has 4 nitrogen and oxygen atoms in total. The van der Waals surface area contributed by atoms with Gasteiger partial charge in [-0.2, -0.15) is 0 Å². The first-order valence-electron chi connectivity index (χ1n) is 8.51. The lowest BCUT2D eigenvalue weighted by molar-refractivity contribution is 0.399. The van der Waals surface area contributed by atoms with Gasteiger partial charge in [0, 0.05) is 17.4 Å². The van der Waals surface area contributed by atoms with Crippen molar-refractivity contribution < 1.29 is 0 Å². The van der Waals surface area contributed by atoms with E-state index in [-0.39, 0.29) is 5.41 Å². The largest absolute Gasteiger partial charge is 0.269 e. The van der Waals surface area contributed by atoms with Crippen LogP contribution in [0.1, 0.15) is 37.7 Å². The Balaban J connectivity index is 1.95. The molecule has 1 aromatic carbocycles. The highest BCUT2D eigenvalue weighted by atomic mass is 32.1. The lowest BCUT2D eigenvalue weighted by atomic mass is 9.92. The molecule has 0 radical (unpaired) electrons. The van der Waals surface area contributed by atoms with Gasteiger partial charge in [0.25, 0.3) is 0 Å². The van der Waals surface area contributed by atoms with Gasteiger partial charge in [0.1, 0.15) is 17.0 Å². The molecule has 0 unspecified atom stereocenters. The number of thiophene rings is 1. The fourth-order valence-electron chi connectivity index (χ4n) is 3.10. The van der Waals surface area contributed by atoms with Gasteiger partial charge in [-0.05, 0) is 36.0 Å². The summed E-state index contributed by atoms with van der Waals surface area (Å²) >= 11 is 1.66. The second-order valence-corrected chi connectivity index (χ2v) is 8.78. The third-order valence-electron chi connectivity index (χ3n) is 4.56. The van der Waals surface area contributed by atoms with Crippen LogP contribution in [0.15, 0.2) is 29.9 Å². The minimum absolute atomic E-state index is 0.156. The van der Waals surface area contributed by atoms with Crippen LogP contribution in [0.3, 0.4) is 0 Å². The molecule has 25 heavy (non-hydrogen) atoms. The van der Waals surface area contributed by atoms with Gasteiger partial charge in [-0.25, -0.2) is 4.98 Å². The fourth-order valence-corrected chi connectivity index (χ4v) is 4.01. The fraction of sp³-hybridized carbons (Fsp3) is 0.350. The van der Waals surface area contributed by atoms with Gasteiger partial charge >= 0.3 is 0 Å². The molecular weight excluding hydrogens is 328 g/mol.